The lowest BCUT2D eigenvalue weighted by Gasteiger charge is -2.26. The van der Waals surface area contributed by atoms with Gasteiger partial charge in [-0.05, 0) is 20.8 Å². The van der Waals surface area contributed by atoms with Crippen LogP contribution < -0.4 is 0 Å². The van der Waals surface area contributed by atoms with Crippen LogP contribution in [0.15, 0.2) is 0 Å². The lowest BCUT2D eigenvalue weighted by atomic mass is 10.5. The van der Waals surface area contributed by atoms with E-state index < -0.39 is 28.3 Å². The Morgan fingerprint density at radius 1 is 0.824 bits per heavy atom. The number of rotatable bonds is 9. The highest BCUT2D eigenvalue weighted by molar-refractivity contribution is 6.53. The highest BCUT2D eigenvalue weighted by atomic mass is 28.4. The minimum atomic E-state index is -4.26. The Hall–Kier alpha value is -0.153. The van der Waals surface area contributed by atoms with E-state index in [1.54, 1.807) is 20.8 Å². The van der Waals surface area contributed by atoms with Crippen molar-refractivity contribution >= 4 is 9.05 Å². The Balaban J connectivity index is 4.33. The average Bonchev–Trinajstić information content (AvgIpc) is 2.16. The lowest BCUT2D eigenvalue weighted by molar-refractivity contribution is -0.145. The smallest absolute Gasteiger partial charge is 0.351 e. The van der Waals surface area contributed by atoms with Crippen molar-refractivity contribution in [1.82, 2.24) is 0 Å². The molecule has 17 heavy (non-hydrogen) atoms. The monoisotopic (exact) mass is 276 g/mol. The molecule has 0 unspecified atom stereocenters. The normalized spacial score (nSPS) is 13.1. The summed E-state index contributed by atoms with van der Waals surface area (Å²) >= 11 is 0. The topological polar surface area (TPSA) is 36.9 Å². The fraction of sp³-hybridized carbons (Fsp3) is 1.00. The highest BCUT2D eigenvalue weighted by Gasteiger charge is 2.45. The zero-order valence-corrected chi connectivity index (χ0v) is 11.3. The van der Waals surface area contributed by atoms with Gasteiger partial charge >= 0.3 is 15.2 Å². The summed E-state index contributed by atoms with van der Waals surface area (Å²) < 4.78 is 56.8. The molecule has 0 aromatic rings. The second-order valence-corrected chi connectivity index (χ2v) is 5.17. The van der Waals surface area contributed by atoms with Crippen molar-refractivity contribution in [3.05, 3.63) is 0 Å². The van der Waals surface area contributed by atoms with Gasteiger partial charge in [-0.1, -0.05) is 0 Å². The SMILES string of the molecule is CCO[Si](OCC)(OCC)OCCC(F)(F)F. The van der Waals surface area contributed by atoms with Crippen LogP contribution >= 0.6 is 0 Å². The first-order chi connectivity index (χ1) is 7.89. The van der Waals surface area contributed by atoms with Gasteiger partial charge in [-0.3, -0.25) is 0 Å². The quantitative estimate of drug-likeness (QED) is 0.606. The maximum atomic E-state index is 12.0. The molecule has 0 aliphatic carbocycles. The summed E-state index contributed by atoms with van der Waals surface area (Å²) in [5, 5.41) is 0. The maximum absolute atomic E-state index is 12.0. The molecule has 8 heteroatoms. The van der Waals surface area contributed by atoms with Crippen molar-refractivity contribution in [1.29, 1.82) is 0 Å². The summed E-state index contributed by atoms with van der Waals surface area (Å²) in [6, 6.07) is 0. The third kappa shape index (κ3) is 7.71. The zero-order valence-electron chi connectivity index (χ0n) is 10.3. The molecule has 4 nitrogen and oxygen atoms in total. The van der Waals surface area contributed by atoms with E-state index in [9.17, 15) is 13.2 Å². The zero-order chi connectivity index (χ0) is 13.4. The molecule has 0 spiro atoms. The molecule has 0 radical (unpaired) electrons. The Morgan fingerprint density at radius 2 is 1.24 bits per heavy atom. The molecule has 0 amide bonds. The first-order valence-electron chi connectivity index (χ1n) is 5.51. The first-order valence-corrected chi connectivity index (χ1v) is 7.15. The molecular weight excluding hydrogens is 257 g/mol. The van der Waals surface area contributed by atoms with Crippen molar-refractivity contribution in [2.45, 2.75) is 33.4 Å². The van der Waals surface area contributed by atoms with Crippen molar-refractivity contribution in [2.75, 3.05) is 26.4 Å². The van der Waals surface area contributed by atoms with Gasteiger partial charge in [0.25, 0.3) is 0 Å². The van der Waals surface area contributed by atoms with E-state index >= 15 is 0 Å². The molecule has 0 N–H and O–H groups in total. The molecular formula is C9H19F3O4Si. The number of alkyl halides is 3. The minimum Gasteiger partial charge on any atom is -0.351 e. The summed E-state index contributed by atoms with van der Waals surface area (Å²) in [5.74, 6) is 0. The van der Waals surface area contributed by atoms with Crippen molar-refractivity contribution in [3.63, 3.8) is 0 Å². The third-order valence-corrected chi connectivity index (χ3v) is 4.11. The van der Waals surface area contributed by atoms with Crippen molar-refractivity contribution in [3.8, 4) is 0 Å². The van der Waals surface area contributed by atoms with E-state index in [1.165, 1.54) is 0 Å². The summed E-state index contributed by atoms with van der Waals surface area (Å²) in [5.41, 5.74) is 0. The Bertz CT molecular complexity index is 184. The fourth-order valence-electron chi connectivity index (χ4n) is 1.07. The lowest BCUT2D eigenvalue weighted by Crippen LogP contribution is -2.49. The predicted octanol–water partition coefficient (Wildman–Crippen LogP) is 2.50. The third-order valence-electron chi connectivity index (χ3n) is 1.63. The molecule has 0 aromatic carbocycles. The molecule has 0 aromatic heterocycles. The molecule has 104 valence electrons. The molecule has 0 aliphatic heterocycles. The van der Waals surface area contributed by atoms with Crippen LogP contribution in [-0.4, -0.2) is 41.7 Å². The fourth-order valence-corrected chi connectivity index (χ4v) is 2.98. The second-order valence-electron chi connectivity index (χ2n) is 3.01. The number of halogens is 3. The largest absolute Gasteiger partial charge is 0.679 e. The standard InChI is InChI=1S/C9H19F3O4Si/c1-4-13-17(14-5-2,15-6-3)16-8-7-9(10,11)12/h4-8H2,1-3H3. The van der Waals surface area contributed by atoms with Gasteiger partial charge in [-0.2, -0.15) is 13.2 Å². The van der Waals surface area contributed by atoms with Gasteiger partial charge < -0.3 is 17.7 Å². The van der Waals surface area contributed by atoms with Crippen LogP contribution in [0.25, 0.3) is 0 Å². The molecule has 0 rings (SSSR count). The van der Waals surface area contributed by atoms with Crippen LogP contribution in [0.3, 0.4) is 0 Å². The van der Waals surface area contributed by atoms with E-state index in [2.05, 4.69) is 0 Å². The summed E-state index contributed by atoms with van der Waals surface area (Å²) in [6.45, 7) is 5.37. The number of hydrogen-bond donors (Lipinski definition) is 0. The Labute approximate surface area is 100 Å². The summed E-state index contributed by atoms with van der Waals surface area (Å²) in [7, 11) is -3.40. The van der Waals surface area contributed by atoms with Crippen LogP contribution in [0.4, 0.5) is 13.2 Å². The Kier molecular flexibility index (Phi) is 7.97. The van der Waals surface area contributed by atoms with Gasteiger partial charge in [0.15, 0.2) is 0 Å². The molecule has 0 bridgehead atoms. The maximum Gasteiger partial charge on any atom is 0.679 e. The van der Waals surface area contributed by atoms with Gasteiger partial charge in [-0.25, -0.2) is 0 Å². The van der Waals surface area contributed by atoms with Gasteiger partial charge in [0, 0.05) is 26.4 Å². The van der Waals surface area contributed by atoms with Crippen LogP contribution in [0.1, 0.15) is 27.2 Å². The molecule has 0 aliphatic rings. The number of hydrogen-bond acceptors (Lipinski definition) is 4. The molecule has 0 saturated carbocycles. The van der Waals surface area contributed by atoms with E-state index in [4.69, 9.17) is 17.7 Å². The minimum absolute atomic E-state index is 0.262. The predicted molar refractivity (Wildman–Crippen MR) is 57.3 cm³/mol. The Morgan fingerprint density at radius 3 is 1.53 bits per heavy atom. The van der Waals surface area contributed by atoms with Crippen LogP contribution in [-0.2, 0) is 17.7 Å². The van der Waals surface area contributed by atoms with Gasteiger partial charge in [0.05, 0.1) is 6.42 Å². The van der Waals surface area contributed by atoms with Gasteiger partial charge in [-0.15, -0.1) is 0 Å². The molecule has 0 heterocycles. The van der Waals surface area contributed by atoms with E-state index in [-0.39, 0.29) is 19.8 Å². The van der Waals surface area contributed by atoms with Crippen LogP contribution in [0.5, 0.6) is 0 Å². The van der Waals surface area contributed by atoms with Gasteiger partial charge in [0.2, 0.25) is 0 Å². The molecule has 0 fully saturated rings. The van der Waals surface area contributed by atoms with Crippen molar-refractivity contribution in [2.24, 2.45) is 0 Å². The highest BCUT2D eigenvalue weighted by Crippen LogP contribution is 2.21. The summed E-state index contributed by atoms with van der Waals surface area (Å²) in [4.78, 5) is 0. The molecule has 0 atom stereocenters. The summed E-state index contributed by atoms with van der Waals surface area (Å²) in [6.07, 6.45) is -5.31. The van der Waals surface area contributed by atoms with Crippen LogP contribution in [0.2, 0.25) is 0 Å². The average molecular weight is 276 g/mol. The van der Waals surface area contributed by atoms with E-state index in [1.807, 2.05) is 0 Å². The first kappa shape index (κ1) is 16.8. The van der Waals surface area contributed by atoms with E-state index in [0.717, 1.165) is 0 Å². The second kappa shape index (κ2) is 8.04. The molecule has 0 saturated heterocycles. The van der Waals surface area contributed by atoms with E-state index in [0.29, 0.717) is 0 Å². The van der Waals surface area contributed by atoms with Gasteiger partial charge in [0.1, 0.15) is 0 Å². The van der Waals surface area contributed by atoms with Crippen LogP contribution in [0, 0.1) is 0 Å². The van der Waals surface area contributed by atoms with Crippen molar-refractivity contribution < 1.29 is 30.9 Å².